The fraction of sp³-hybridized carbons (Fsp3) is 0. The molecule has 0 spiro atoms. The van der Waals surface area contributed by atoms with Crippen LogP contribution in [0.25, 0.3) is 22.6 Å². The summed E-state index contributed by atoms with van der Waals surface area (Å²) in [6.45, 7) is 0. The van der Waals surface area contributed by atoms with E-state index in [1.807, 2.05) is 6.07 Å². The molecule has 0 bridgehead atoms. The van der Waals surface area contributed by atoms with Crippen molar-refractivity contribution in [3.8, 4) is 11.5 Å². The second-order valence-electron chi connectivity index (χ2n) is 3.45. The molecule has 0 atom stereocenters. The zero-order chi connectivity index (χ0) is 11.8. The number of halogens is 1. The molecule has 5 nitrogen and oxygen atoms in total. The van der Waals surface area contributed by atoms with Crippen LogP contribution >= 0.6 is 15.9 Å². The number of oxazole rings is 1. The van der Waals surface area contributed by atoms with Gasteiger partial charge in [-0.3, -0.25) is 4.98 Å². The number of aromatic nitrogens is 3. The molecule has 2 N–H and O–H groups in total. The maximum atomic E-state index is 5.80. The normalized spacial score (nSPS) is 10.9. The average molecular weight is 291 g/mol. The highest BCUT2D eigenvalue weighted by molar-refractivity contribution is 9.10. The van der Waals surface area contributed by atoms with Crippen molar-refractivity contribution in [1.82, 2.24) is 15.0 Å². The van der Waals surface area contributed by atoms with Crippen LogP contribution in [0.15, 0.2) is 39.6 Å². The van der Waals surface area contributed by atoms with Crippen molar-refractivity contribution in [3.05, 3.63) is 35.2 Å². The van der Waals surface area contributed by atoms with Crippen molar-refractivity contribution < 1.29 is 4.42 Å². The Morgan fingerprint density at radius 3 is 3.00 bits per heavy atom. The summed E-state index contributed by atoms with van der Waals surface area (Å²) >= 11 is 3.34. The highest BCUT2D eigenvalue weighted by Crippen LogP contribution is 2.28. The first-order valence-electron chi connectivity index (χ1n) is 4.86. The van der Waals surface area contributed by atoms with Crippen molar-refractivity contribution in [2.45, 2.75) is 0 Å². The smallest absolute Gasteiger partial charge is 0.231 e. The van der Waals surface area contributed by atoms with Crippen molar-refractivity contribution >= 4 is 32.8 Å². The van der Waals surface area contributed by atoms with Gasteiger partial charge in [0.15, 0.2) is 5.58 Å². The summed E-state index contributed by atoms with van der Waals surface area (Å²) in [4.78, 5) is 12.3. The summed E-state index contributed by atoms with van der Waals surface area (Å²) in [5, 5.41) is 0. The number of nitrogens with zero attached hydrogens (tertiary/aromatic N) is 3. The van der Waals surface area contributed by atoms with E-state index in [0.29, 0.717) is 28.4 Å². The van der Waals surface area contributed by atoms with Gasteiger partial charge in [-0.25, -0.2) is 9.97 Å². The molecule has 0 aliphatic carbocycles. The maximum Gasteiger partial charge on any atom is 0.231 e. The number of hydrogen-bond acceptors (Lipinski definition) is 5. The molecule has 0 aromatic carbocycles. The Bertz CT molecular complexity index is 662. The van der Waals surface area contributed by atoms with E-state index >= 15 is 0 Å². The lowest BCUT2D eigenvalue weighted by atomic mass is 10.2. The number of nitrogen functional groups attached to an aromatic ring is 1. The lowest BCUT2D eigenvalue weighted by molar-refractivity contribution is 0.619. The van der Waals surface area contributed by atoms with Crippen LogP contribution in [-0.2, 0) is 0 Å². The molecule has 17 heavy (non-hydrogen) atoms. The van der Waals surface area contributed by atoms with Gasteiger partial charge in [0.2, 0.25) is 5.89 Å². The highest BCUT2D eigenvalue weighted by atomic mass is 79.9. The molecule has 0 fully saturated rings. The number of anilines is 1. The van der Waals surface area contributed by atoms with Crippen LogP contribution in [0.4, 0.5) is 5.82 Å². The maximum absolute atomic E-state index is 5.80. The molecule has 84 valence electrons. The van der Waals surface area contributed by atoms with Crippen LogP contribution in [0, 0.1) is 0 Å². The van der Waals surface area contributed by atoms with Crippen LogP contribution in [0.1, 0.15) is 0 Å². The molecule has 3 aromatic heterocycles. The van der Waals surface area contributed by atoms with Gasteiger partial charge >= 0.3 is 0 Å². The molecule has 0 unspecified atom stereocenters. The molecule has 0 amide bonds. The zero-order valence-corrected chi connectivity index (χ0v) is 10.2. The minimum absolute atomic E-state index is 0.382. The van der Waals surface area contributed by atoms with E-state index in [2.05, 4.69) is 30.9 Å². The molecule has 0 saturated heterocycles. The fourth-order valence-corrected chi connectivity index (χ4v) is 1.85. The van der Waals surface area contributed by atoms with Crippen molar-refractivity contribution in [1.29, 1.82) is 0 Å². The van der Waals surface area contributed by atoms with Gasteiger partial charge in [-0.1, -0.05) is 0 Å². The zero-order valence-electron chi connectivity index (χ0n) is 8.59. The predicted octanol–water partition coefficient (Wildman–Crippen LogP) is 2.63. The lowest BCUT2D eigenvalue weighted by Gasteiger charge is -1.99. The summed E-state index contributed by atoms with van der Waals surface area (Å²) in [5.41, 5.74) is 7.83. The summed E-state index contributed by atoms with van der Waals surface area (Å²) in [5.74, 6) is 0.826. The van der Waals surface area contributed by atoms with E-state index in [4.69, 9.17) is 10.2 Å². The molecular weight excluding hydrogens is 284 g/mol. The van der Waals surface area contributed by atoms with Gasteiger partial charge in [0, 0.05) is 22.9 Å². The first kappa shape index (κ1) is 10.2. The van der Waals surface area contributed by atoms with Crippen LogP contribution in [0.3, 0.4) is 0 Å². The molecule has 3 heterocycles. The molecular formula is C11H7BrN4O. The Hall–Kier alpha value is -1.95. The Morgan fingerprint density at radius 1 is 1.29 bits per heavy atom. The Morgan fingerprint density at radius 2 is 2.18 bits per heavy atom. The minimum Gasteiger partial charge on any atom is -0.436 e. The third-order valence-electron chi connectivity index (χ3n) is 2.31. The highest BCUT2D eigenvalue weighted by Gasteiger charge is 2.12. The van der Waals surface area contributed by atoms with E-state index in [-0.39, 0.29) is 0 Å². The van der Waals surface area contributed by atoms with Gasteiger partial charge < -0.3 is 10.2 Å². The van der Waals surface area contributed by atoms with Crippen molar-refractivity contribution in [3.63, 3.8) is 0 Å². The molecule has 3 aromatic rings. The molecule has 3 rings (SSSR count). The van der Waals surface area contributed by atoms with Gasteiger partial charge in [-0.15, -0.1) is 0 Å². The van der Waals surface area contributed by atoms with Gasteiger partial charge in [0.05, 0.1) is 11.8 Å². The molecule has 0 radical (unpaired) electrons. The van der Waals surface area contributed by atoms with Crippen molar-refractivity contribution in [2.24, 2.45) is 0 Å². The molecule has 0 aliphatic heterocycles. The summed E-state index contributed by atoms with van der Waals surface area (Å²) < 4.78 is 6.42. The van der Waals surface area contributed by atoms with E-state index in [1.165, 1.54) is 0 Å². The van der Waals surface area contributed by atoms with E-state index in [1.54, 1.807) is 24.7 Å². The number of hydrogen-bond donors (Lipinski definition) is 1. The second kappa shape index (κ2) is 3.81. The average Bonchev–Trinajstić information content (AvgIpc) is 2.75. The van der Waals surface area contributed by atoms with Gasteiger partial charge in [-0.05, 0) is 22.0 Å². The van der Waals surface area contributed by atoms with E-state index in [0.717, 1.165) is 4.47 Å². The van der Waals surface area contributed by atoms with Crippen LogP contribution in [0.5, 0.6) is 0 Å². The summed E-state index contributed by atoms with van der Waals surface area (Å²) in [6, 6.07) is 3.58. The van der Waals surface area contributed by atoms with Gasteiger partial charge in [0.1, 0.15) is 11.3 Å². The number of fused-ring (bicyclic) bond motifs is 1. The fourth-order valence-electron chi connectivity index (χ4n) is 1.52. The SMILES string of the molecule is Nc1ncc(Br)cc1-c1nc2cnccc2o1. The number of pyridine rings is 2. The number of nitrogens with two attached hydrogens (primary N) is 1. The Kier molecular flexibility index (Phi) is 2.29. The summed E-state index contributed by atoms with van der Waals surface area (Å²) in [6.07, 6.45) is 4.92. The Balaban J connectivity index is 2.23. The molecule has 0 saturated carbocycles. The monoisotopic (exact) mass is 290 g/mol. The van der Waals surface area contributed by atoms with Crippen molar-refractivity contribution in [2.75, 3.05) is 5.73 Å². The quantitative estimate of drug-likeness (QED) is 0.745. The van der Waals surface area contributed by atoms with E-state index in [9.17, 15) is 0 Å². The first-order valence-corrected chi connectivity index (χ1v) is 5.65. The second-order valence-corrected chi connectivity index (χ2v) is 4.36. The summed E-state index contributed by atoms with van der Waals surface area (Å²) in [7, 11) is 0. The van der Waals surface area contributed by atoms with Gasteiger partial charge in [-0.2, -0.15) is 0 Å². The van der Waals surface area contributed by atoms with Crippen LogP contribution in [0.2, 0.25) is 0 Å². The largest absolute Gasteiger partial charge is 0.436 e. The van der Waals surface area contributed by atoms with E-state index < -0.39 is 0 Å². The predicted molar refractivity (Wildman–Crippen MR) is 67.1 cm³/mol. The third kappa shape index (κ3) is 1.76. The molecule has 6 heteroatoms. The lowest BCUT2D eigenvalue weighted by Crippen LogP contribution is -1.93. The van der Waals surface area contributed by atoms with Crippen LogP contribution < -0.4 is 5.73 Å². The third-order valence-corrected chi connectivity index (χ3v) is 2.74. The molecule has 0 aliphatic rings. The first-order chi connectivity index (χ1) is 8.24. The minimum atomic E-state index is 0.382. The standard InChI is InChI=1S/C11H7BrN4O/c12-6-3-7(10(13)15-4-6)11-16-8-5-14-2-1-9(8)17-11/h1-5H,(H2,13,15). The number of rotatable bonds is 1. The van der Waals surface area contributed by atoms with Crippen LogP contribution in [-0.4, -0.2) is 15.0 Å². The van der Waals surface area contributed by atoms with Gasteiger partial charge in [0.25, 0.3) is 0 Å². The topological polar surface area (TPSA) is 77.8 Å². The Labute approximate surface area is 105 Å².